The maximum atomic E-state index is 12.7. The average Bonchev–Trinajstić information content (AvgIpc) is 2.68. The second-order valence-corrected chi connectivity index (χ2v) is 2.96. The van der Waals surface area contributed by atoms with E-state index in [1.54, 1.807) is 0 Å². The van der Waals surface area contributed by atoms with Crippen LogP contribution >= 0.6 is 0 Å². The van der Waals surface area contributed by atoms with E-state index in [0.29, 0.717) is 17.3 Å². The van der Waals surface area contributed by atoms with Gasteiger partial charge in [-0.05, 0) is 0 Å². The summed E-state index contributed by atoms with van der Waals surface area (Å²) in [7, 11) is 0. The Bertz CT molecular complexity index is 426. The SMILES string of the molecule is O=C(Nn1cnnc1)C(F)(F)C(F)(F)C(F)(F)F. The van der Waals surface area contributed by atoms with Gasteiger partial charge in [0.15, 0.2) is 0 Å². The summed E-state index contributed by atoms with van der Waals surface area (Å²) in [5.41, 5.74) is 1.06. The van der Waals surface area contributed by atoms with Crippen LogP contribution < -0.4 is 5.43 Å². The molecule has 0 atom stereocenters. The van der Waals surface area contributed by atoms with Crippen LogP contribution in [-0.2, 0) is 4.79 Å². The van der Waals surface area contributed by atoms with Crippen LogP contribution in [0.15, 0.2) is 12.7 Å². The lowest BCUT2D eigenvalue weighted by Gasteiger charge is -2.26. The van der Waals surface area contributed by atoms with E-state index in [4.69, 9.17) is 0 Å². The molecule has 0 aliphatic carbocycles. The predicted molar refractivity (Wildman–Crippen MR) is 40.3 cm³/mol. The first kappa shape index (κ1) is 14.2. The minimum absolute atomic E-state index is 0.294. The quantitative estimate of drug-likeness (QED) is 0.846. The normalized spacial score (nSPS) is 13.5. The first-order valence-corrected chi connectivity index (χ1v) is 3.98. The Morgan fingerprint density at radius 2 is 1.44 bits per heavy atom. The van der Waals surface area contributed by atoms with E-state index >= 15 is 0 Å². The molecule has 5 nitrogen and oxygen atoms in total. The molecule has 1 N–H and O–H groups in total. The molecular weight excluding hydrogens is 277 g/mol. The number of carbonyl (C=O) groups is 1. The third-order valence-corrected chi connectivity index (χ3v) is 1.68. The van der Waals surface area contributed by atoms with Crippen molar-refractivity contribution in [3.63, 3.8) is 0 Å². The van der Waals surface area contributed by atoms with Crippen molar-refractivity contribution in [3.05, 3.63) is 12.7 Å². The number of amides is 1. The molecule has 1 rings (SSSR count). The zero-order valence-electron chi connectivity index (χ0n) is 8.05. The molecule has 0 aliphatic heterocycles. The molecule has 0 saturated heterocycles. The van der Waals surface area contributed by atoms with E-state index < -0.39 is 23.9 Å². The van der Waals surface area contributed by atoms with Gasteiger partial charge in [0, 0.05) is 0 Å². The smallest absolute Gasteiger partial charge is 0.266 e. The van der Waals surface area contributed by atoms with Gasteiger partial charge in [0.25, 0.3) is 0 Å². The van der Waals surface area contributed by atoms with E-state index in [1.165, 1.54) is 0 Å². The standard InChI is InChI=1S/C6H3F7N4O/c7-4(8,5(9,10)6(11,12)13)3(18)16-17-1-14-15-2-17/h1-2H,(H,16,18). The van der Waals surface area contributed by atoms with Crippen LogP contribution in [0.1, 0.15) is 0 Å². The number of nitrogens with zero attached hydrogens (tertiary/aromatic N) is 3. The minimum atomic E-state index is -6.57. The summed E-state index contributed by atoms with van der Waals surface area (Å²) < 4.78 is 85.8. The van der Waals surface area contributed by atoms with Crippen molar-refractivity contribution < 1.29 is 35.5 Å². The largest absolute Gasteiger partial charge is 0.460 e. The summed E-state index contributed by atoms with van der Waals surface area (Å²) >= 11 is 0. The molecule has 0 aromatic carbocycles. The summed E-state index contributed by atoms with van der Waals surface area (Å²) in [5, 5.41) is 6.02. The van der Waals surface area contributed by atoms with Crippen LogP contribution in [0.2, 0.25) is 0 Å². The Hall–Kier alpha value is -1.88. The van der Waals surface area contributed by atoms with Gasteiger partial charge in [-0.15, -0.1) is 10.2 Å². The Balaban J connectivity index is 2.96. The van der Waals surface area contributed by atoms with Crippen molar-refractivity contribution >= 4 is 5.91 Å². The van der Waals surface area contributed by atoms with E-state index in [-0.39, 0.29) is 0 Å². The monoisotopic (exact) mass is 280 g/mol. The Labute approximate surface area is 93.6 Å². The van der Waals surface area contributed by atoms with Crippen molar-refractivity contribution in [2.45, 2.75) is 18.0 Å². The number of hydrogen-bond acceptors (Lipinski definition) is 3. The van der Waals surface area contributed by atoms with Gasteiger partial charge in [0.2, 0.25) is 0 Å². The lowest BCUT2D eigenvalue weighted by molar-refractivity contribution is -0.343. The highest BCUT2D eigenvalue weighted by atomic mass is 19.4. The van der Waals surface area contributed by atoms with Crippen LogP contribution in [0.3, 0.4) is 0 Å². The lowest BCUT2D eigenvalue weighted by Crippen LogP contribution is -2.58. The summed E-state index contributed by atoms with van der Waals surface area (Å²) in [5.74, 6) is -15.3. The first-order valence-electron chi connectivity index (χ1n) is 3.98. The average molecular weight is 280 g/mol. The van der Waals surface area contributed by atoms with Crippen molar-refractivity contribution in [3.8, 4) is 0 Å². The van der Waals surface area contributed by atoms with Crippen molar-refractivity contribution in [2.75, 3.05) is 5.43 Å². The number of halogens is 7. The molecule has 12 heteroatoms. The number of carbonyl (C=O) groups excluding carboxylic acids is 1. The highest BCUT2D eigenvalue weighted by Gasteiger charge is 2.76. The predicted octanol–water partition coefficient (Wildman–Crippen LogP) is 1.18. The van der Waals surface area contributed by atoms with Crippen molar-refractivity contribution in [2.24, 2.45) is 0 Å². The molecule has 1 aromatic heterocycles. The van der Waals surface area contributed by atoms with Gasteiger partial charge >= 0.3 is 23.9 Å². The molecular formula is C6H3F7N4O. The van der Waals surface area contributed by atoms with Crippen molar-refractivity contribution in [1.82, 2.24) is 14.9 Å². The van der Waals surface area contributed by atoms with Crippen LogP contribution in [0.4, 0.5) is 30.7 Å². The Morgan fingerprint density at radius 1 is 1.00 bits per heavy atom. The molecule has 18 heavy (non-hydrogen) atoms. The van der Waals surface area contributed by atoms with Crippen LogP contribution in [-0.4, -0.2) is 38.8 Å². The molecule has 102 valence electrons. The van der Waals surface area contributed by atoms with Gasteiger partial charge in [-0.25, -0.2) is 4.68 Å². The van der Waals surface area contributed by atoms with E-state index in [1.807, 2.05) is 0 Å². The van der Waals surface area contributed by atoms with Gasteiger partial charge in [-0.3, -0.25) is 10.2 Å². The minimum Gasteiger partial charge on any atom is -0.266 e. The van der Waals surface area contributed by atoms with Gasteiger partial charge in [0.05, 0.1) is 0 Å². The number of aromatic nitrogens is 3. The summed E-state index contributed by atoms with van der Waals surface area (Å²) in [6.45, 7) is 0. The maximum Gasteiger partial charge on any atom is 0.460 e. The van der Waals surface area contributed by atoms with Gasteiger partial charge in [-0.1, -0.05) is 0 Å². The van der Waals surface area contributed by atoms with E-state index in [0.717, 1.165) is 5.43 Å². The highest BCUT2D eigenvalue weighted by Crippen LogP contribution is 2.46. The van der Waals surface area contributed by atoms with Crippen LogP contribution in [0.5, 0.6) is 0 Å². The number of hydrogen-bond donors (Lipinski definition) is 1. The summed E-state index contributed by atoms with van der Waals surface area (Å²) in [4.78, 5) is 10.7. The van der Waals surface area contributed by atoms with Gasteiger partial charge in [0.1, 0.15) is 12.7 Å². The highest BCUT2D eigenvalue weighted by molar-refractivity contribution is 5.91. The third kappa shape index (κ3) is 2.22. The second-order valence-electron chi connectivity index (χ2n) is 2.96. The number of alkyl halides is 7. The van der Waals surface area contributed by atoms with Crippen molar-refractivity contribution in [1.29, 1.82) is 0 Å². The molecule has 0 fully saturated rings. The second kappa shape index (κ2) is 4.10. The van der Waals surface area contributed by atoms with Gasteiger partial charge in [-0.2, -0.15) is 30.7 Å². The molecule has 0 spiro atoms. The van der Waals surface area contributed by atoms with E-state index in [9.17, 15) is 35.5 Å². The fourth-order valence-electron chi connectivity index (χ4n) is 0.767. The third-order valence-electron chi connectivity index (χ3n) is 1.68. The first-order chi connectivity index (χ1) is 8.00. The molecule has 0 saturated carbocycles. The molecule has 0 radical (unpaired) electrons. The van der Waals surface area contributed by atoms with Crippen LogP contribution in [0.25, 0.3) is 0 Å². The lowest BCUT2D eigenvalue weighted by atomic mass is 10.1. The van der Waals surface area contributed by atoms with E-state index in [2.05, 4.69) is 10.2 Å². The molecule has 0 aliphatic rings. The molecule has 1 aromatic rings. The topological polar surface area (TPSA) is 59.8 Å². The Morgan fingerprint density at radius 3 is 1.83 bits per heavy atom. The molecule has 0 unspecified atom stereocenters. The molecule has 1 heterocycles. The number of rotatable bonds is 3. The molecule has 0 bridgehead atoms. The fraction of sp³-hybridized carbons (Fsp3) is 0.500. The maximum absolute atomic E-state index is 12.7. The zero-order valence-corrected chi connectivity index (χ0v) is 8.05. The molecule has 1 amide bonds. The number of nitrogens with one attached hydrogen (secondary N) is 1. The summed E-state index contributed by atoms with van der Waals surface area (Å²) in [6.07, 6.45) is -5.35. The zero-order chi connectivity index (χ0) is 14.2. The fourth-order valence-corrected chi connectivity index (χ4v) is 0.767. The van der Waals surface area contributed by atoms with Gasteiger partial charge < -0.3 is 0 Å². The Kier molecular flexibility index (Phi) is 3.23. The van der Waals surface area contributed by atoms with Crippen LogP contribution in [0, 0.1) is 0 Å². The summed E-state index contributed by atoms with van der Waals surface area (Å²) in [6, 6.07) is 0.